The van der Waals surface area contributed by atoms with Crippen LogP contribution < -0.4 is 0 Å². The fourth-order valence-electron chi connectivity index (χ4n) is 3.34. The number of nitrogens with zero attached hydrogens (tertiary/aromatic N) is 3. The van der Waals surface area contributed by atoms with Gasteiger partial charge in [-0.15, -0.1) is 7.05 Å². The zero-order valence-corrected chi connectivity index (χ0v) is 9.82. The number of hydrogen-bond acceptors (Lipinski definition) is 2. The van der Waals surface area contributed by atoms with Crippen LogP contribution in [0.3, 0.4) is 0 Å². The minimum atomic E-state index is 0.359. The van der Waals surface area contributed by atoms with Gasteiger partial charge in [0.15, 0.2) is 0 Å². The van der Waals surface area contributed by atoms with Crippen molar-refractivity contribution in [3.05, 3.63) is 43.8 Å². The fraction of sp³-hybridized carbons (Fsp3) is 0.357. The Kier molecular flexibility index (Phi) is 1.60. The van der Waals surface area contributed by atoms with E-state index in [-0.39, 0.29) is 0 Å². The molecule has 0 radical (unpaired) electrons. The van der Waals surface area contributed by atoms with Crippen LogP contribution in [0, 0.1) is 14.1 Å². The molecule has 0 aromatic carbocycles. The summed E-state index contributed by atoms with van der Waals surface area (Å²) in [6, 6.07) is 2.13. The SMILES string of the molecule is [CH2-]N1Cc2c(c3ccncc3n2[CH2-])C2(CC2)C1. The van der Waals surface area contributed by atoms with Gasteiger partial charge in [-0.25, -0.2) is 0 Å². The van der Waals surface area contributed by atoms with Gasteiger partial charge in [0.1, 0.15) is 0 Å². The highest BCUT2D eigenvalue weighted by molar-refractivity contribution is 5.87. The molecule has 2 aliphatic rings. The van der Waals surface area contributed by atoms with Gasteiger partial charge in [-0.2, -0.15) is 0 Å². The molecule has 0 unspecified atom stereocenters. The van der Waals surface area contributed by atoms with E-state index < -0.39 is 0 Å². The van der Waals surface area contributed by atoms with Crippen molar-refractivity contribution in [3.63, 3.8) is 0 Å². The van der Waals surface area contributed by atoms with E-state index in [1.807, 2.05) is 12.4 Å². The first-order chi connectivity index (χ1) is 8.21. The second-order valence-corrected chi connectivity index (χ2v) is 5.41. The highest BCUT2D eigenvalue weighted by atomic mass is 15.2. The summed E-state index contributed by atoms with van der Waals surface area (Å²) < 4.78 is 2.05. The summed E-state index contributed by atoms with van der Waals surface area (Å²) in [5, 5.41) is 1.34. The molecule has 0 saturated heterocycles. The molecule has 17 heavy (non-hydrogen) atoms. The van der Waals surface area contributed by atoms with Gasteiger partial charge >= 0.3 is 0 Å². The molecular weight excluding hydrogens is 210 g/mol. The molecule has 2 aromatic heterocycles. The highest BCUT2D eigenvalue weighted by Crippen LogP contribution is 2.54. The van der Waals surface area contributed by atoms with E-state index in [0.29, 0.717) is 5.41 Å². The average Bonchev–Trinajstić information content (AvgIpc) is 3.01. The first-order valence-electron chi connectivity index (χ1n) is 6.05. The van der Waals surface area contributed by atoms with E-state index in [1.54, 1.807) is 0 Å². The molecule has 3 heteroatoms. The Bertz CT molecular complexity index is 607. The van der Waals surface area contributed by atoms with Crippen LogP contribution in [-0.4, -0.2) is 21.0 Å². The van der Waals surface area contributed by atoms with Crippen molar-refractivity contribution in [1.29, 1.82) is 0 Å². The van der Waals surface area contributed by atoms with Crippen LogP contribution in [0.2, 0.25) is 0 Å². The molecule has 2 aromatic rings. The maximum absolute atomic E-state index is 4.21. The van der Waals surface area contributed by atoms with Crippen molar-refractivity contribution >= 4 is 10.9 Å². The van der Waals surface area contributed by atoms with Gasteiger partial charge in [-0.05, 0) is 49.1 Å². The average molecular weight is 225 g/mol. The van der Waals surface area contributed by atoms with Crippen molar-refractivity contribution < 1.29 is 0 Å². The molecule has 1 saturated carbocycles. The number of hydrogen-bond donors (Lipinski definition) is 0. The topological polar surface area (TPSA) is 21.1 Å². The van der Waals surface area contributed by atoms with Crippen molar-refractivity contribution in [2.45, 2.75) is 24.8 Å². The van der Waals surface area contributed by atoms with E-state index in [1.165, 1.54) is 29.5 Å². The smallest absolute Gasteiger partial charge is 0.0251 e. The van der Waals surface area contributed by atoms with Crippen LogP contribution in [0.4, 0.5) is 0 Å². The summed E-state index contributed by atoms with van der Waals surface area (Å²) in [4.78, 5) is 6.38. The van der Waals surface area contributed by atoms with Gasteiger partial charge < -0.3 is 9.47 Å². The number of pyridine rings is 1. The maximum Gasteiger partial charge on any atom is 0.0251 e. The second kappa shape index (κ2) is 2.85. The third-order valence-electron chi connectivity index (χ3n) is 4.26. The molecule has 4 rings (SSSR count). The lowest BCUT2D eigenvalue weighted by Crippen LogP contribution is -2.34. The van der Waals surface area contributed by atoms with Crippen LogP contribution in [-0.2, 0) is 12.0 Å². The predicted molar refractivity (Wildman–Crippen MR) is 67.2 cm³/mol. The van der Waals surface area contributed by atoms with Gasteiger partial charge in [0.25, 0.3) is 0 Å². The Morgan fingerprint density at radius 1 is 1.29 bits per heavy atom. The normalized spacial score (nSPS) is 21.9. The summed E-state index contributed by atoms with van der Waals surface area (Å²) in [5.74, 6) is 0. The quantitative estimate of drug-likeness (QED) is 0.641. The second-order valence-electron chi connectivity index (χ2n) is 5.41. The molecule has 0 amide bonds. The van der Waals surface area contributed by atoms with Crippen LogP contribution in [0.25, 0.3) is 10.9 Å². The minimum absolute atomic E-state index is 0.359. The van der Waals surface area contributed by atoms with E-state index >= 15 is 0 Å². The molecule has 1 aliphatic carbocycles. The Labute approximate surface area is 101 Å². The van der Waals surface area contributed by atoms with Crippen molar-refractivity contribution in [2.75, 3.05) is 6.54 Å². The van der Waals surface area contributed by atoms with Crippen LogP contribution in [0.1, 0.15) is 24.1 Å². The zero-order valence-electron chi connectivity index (χ0n) is 9.82. The highest BCUT2D eigenvalue weighted by Gasteiger charge is 2.46. The van der Waals surface area contributed by atoms with Crippen molar-refractivity contribution in [2.24, 2.45) is 0 Å². The minimum Gasteiger partial charge on any atom is -0.482 e. The Balaban J connectivity index is 2.10. The molecule has 1 aliphatic heterocycles. The van der Waals surface area contributed by atoms with Gasteiger partial charge in [-0.3, -0.25) is 12.0 Å². The summed E-state index contributed by atoms with van der Waals surface area (Å²) in [7, 11) is 8.29. The fourth-order valence-corrected chi connectivity index (χ4v) is 3.34. The van der Waals surface area contributed by atoms with Gasteiger partial charge in [0, 0.05) is 6.20 Å². The monoisotopic (exact) mass is 225 g/mol. The largest absolute Gasteiger partial charge is 0.482 e. The molecule has 88 valence electrons. The van der Waals surface area contributed by atoms with Gasteiger partial charge in [0.2, 0.25) is 0 Å². The van der Waals surface area contributed by atoms with Crippen LogP contribution in [0.5, 0.6) is 0 Å². The zero-order chi connectivity index (χ0) is 11.6. The molecule has 1 fully saturated rings. The number of fused-ring (bicyclic) bond motifs is 4. The molecule has 1 spiro atoms. The molecule has 0 atom stereocenters. The molecule has 3 heterocycles. The van der Waals surface area contributed by atoms with Crippen molar-refractivity contribution in [3.8, 4) is 0 Å². The Hall–Kier alpha value is -1.48. The molecular formula is C14H15N3-2. The lowest BCUT2D eigenvalue weighted by molar-refractivity contribution is 0.295. The van der Waals surface area contributed by atoms with Gasteiger partial charge in [-0.1, -0.05) is 16.6 Å². The third-order valence-corrected chi connectivity index (χ3v) is 4.26. The summed E-state index contributed by atoms with van der Waals surface area (Å²) in [5.41, 5.74) is 4.35. The molecule has 0 bridgehead atoms. The predicted octanol–water partition coefficient (Wildman–Crippen LogP) is 2.31. The van der Waals surface area contributed by atoms with Crippen molar-refractivity contribution in [1.82, 2.24) is 14.5 Å². The first-order valence-corrected chi connectivity index (χ1v) is 6.05. The van der Waals surface area contributed by atoms with E-state index in [0.717, 1.165) is 18.6 Å². The lowest BCUT2D eigenvalue weighted by Gasteiger charge is -2.40. The lowest BCUT2D eigenvalue weighted by atomic mass is 9.89. The summed E-state index contributed by atoms with van der Waals surface area (Å²) >= 11 is 0. The Morgan fingerprint density at radius 3 is 2.88 bits per heavy atom. The van der Waals surface area contributed by atoms with E-state index in [4.69, 9.17) is 0 Å². The number of rotatable bonds is 0. The molecule has 3 nitrogen and oxygen atoms in total. The third kappa shape index (κ3) is 1.10. The van der Waals surface area contributed by atoms with E-state index in [9.17, 15) is 0 Å². The number of aromatic nitrogens is 2. The Morgan fingerprint density at radius 2 is 2.12 bits per heavy atom. The molecule has 0 N–H and O–H groups in total. The van der Waals surface area contributed by atoms with E-state index in [2.05, 4.69) is 34.6 Å². The standard InChI is InChI=1S/C14H15N3/c1-16-8-12-13(14(9-16)4-5-14)10-3-6-15-7-11(10)17(12)2/h3,6-7H,1-2,4-5,8-9H2/q-2. The summed E-state index contributed by atoms with van der Waals surface area (Å²) in [6.45, 7) is 1.98. The first kappa shape index (κ1) is 9.54. The van der Waals surface area contributed by atoms with Crippen LogP contribution >= 0.6 is 0 Å². The maximum atomic E-state index is 4.21. The van der Waals surface area contributed by atoms with Gasteiger partial charge in [0.05, 0.1) is 0 Å². The summed E-state index contributed by atoms with van der Waals surface area (Å²) in [6.07, 6.45) is 6.38. The van der Waals surface area contributed by atoms with Crippen LogP contribution in [0.15, 0.2) is 18.5 Å².